The molecule has 0 bridgehead atoms. The zero-order chi connectivity index (χ0) is 25.8. The van der Waals surface area contributed by atoms with Crippen molar-refractivity contribution in [2.45, 2.75) is 32.4 Å². The van der Waals surface area contributed by atoms with Gasteiger partial charge in [-0.2, -0.15) is 13.2 Å². The number of phenolic OH excluding ortho intramolecular Hbond substituents is 1. The molecular weight excluding hydrogens is 489 g/mol. The number of aromatic hydroxyl groups is 1. The molecule has 0 aliphatic carbocycles. The third-order valence-electron chi connectivity index (χ3n) is 6.17. The Balaban J connectivity index is 1.48. The summed E-state index contributed by atoms with van der Waals surface area (Å²) in [6, 6.07) is 14.0. The molecule has 0 unspecified atom stereocenters. The fraction of sp³-hybridized carbons (Fsp3) is 0.231. The number of nitrogens with one attached hydrogen (secondary N) is 2. The highest BCUT2D eigenvalue weighted by Gasteiger charge is 2.46. The van der Waals surface area contributed by atoms with Gasteiger partial charge in [0.1, 0.15) is 5.75 Å². The highest BCUT2D eigenvalue weighted by atomic mass is 32.1. The first-order valence-corrected chi connectivity index (χ1v) is 12.0. The minimum Gasteiger partial charge on any atom is -0.506 e. The Bertz CT molecular complexity index is 1500. The van der Waals surface area contributed by atoms with E-state index in [0.717, 1.165) is 27.9 Å². The van der Waals surface area contributed by atoms with Crippen LogP contribution in [-0.4, -0.2) is 22.7 Å². The van der Waals surface area contributed by atoms with Crippen LogP contribution < -0.4 is 15.5 Å². The van der Waals surface area contributed by atoms with Gasteiger partial charge in [0.2, 0.25) is 0 Å². The molecule has 0 atom stereocenters. The molecule has 5 rings (SSSR count). The number of anilines is 4. The van der Waals surface area contributed by atoms with Gasteiger partial charge in [0.05, 0.1) is 32.8 Å². The summed E-state index contributed by atoms with van der Waals surface area (Å²) in [6.07, 6.45) is -4.57. The number of rotatable bonds is 3. The highest BCUT2D eigenvalue weighted by molar-refractivity contribution is 7.22. The van der Waals surface area contributed by atoms with Crippen LogP contribution in [0.25, 0.3) is 10.2 Å². The number of thiazole rings is 1. The number of carbonyl (C=O) groups is 1. The van der Waals surface area contributed by atoms with Crippen LogP contribution in [0, 0.1) is 6.92 Å². The summed E-state index contributed by atoms with van der Waals surface area (Å²) in [4.78, 5) is 18.9. The molecule has 0 spiro atoms. The molecular formula is C26H23F3N4O2S. The van der Waals surface area contributed by atoms with E-state index in [1.54, 1.807) is 43.0 Å². The lowest BCUT2D eigenvalue weighted by molar-refractivity contribution is -0.138. The van der Waals surface area contributed by atoms with Crippen LogP contribution in [0.15, 0.2) is 54.6 Å². The first kappa shape index (κ1) is 23.9. The summed E-state index contributed by atoms with van der Waals surface area (Å²) in [5, 5.41) is 16.6. The van der Waals surface area contributed by atoms with Gasteiger partial charge in [-0.3, -0.25) is 5.32 Å². The van der Waals surface area contributed by atoms with Crippen molar-refractivity contribution in [2.75, 3.05) is 22.1 Å². The molecule has 6 nitrogen and oxygen atoms in total. The summed E-state index contributed by atoms with van der Waals surface area (Å²) in [5.74, 6) is -0.257. The summed E-state index contributed by atoms with van der Waals surface area (Å²) in [7, 11) is 0. The molecule has 3 aromatic carbocycles. The van der Waals surface area contributed by atoms with E-state index >= 15 is 0 Å². The Morgan fingerprint density at radius 1 is 1.11 bits per heavy atom. The van der Waals surface area contributed by atoms with E-state index < -0.39 is 23.2 Å². The molecule has 0 saturated carbocycles. The number of urea groups is 1. The van der Waals surface area contributed by atoms with Crippen LogP contribution in [0.5, 0.6) is 5.75 Å². The molecule has 0 fully saturated rings. The maximum Gasteiger partial charge on any atom is 0.416 e. The summed E-state index contributed by atoms with van der Waals surface area (Å²) in [6.45, 7) is 5.57. The number of para-hydroxylation sites is 2. The standard InChI is InChI=1S/C26H23F3N4O2S/c1-14-8-10-17-20(12-14)36-24(31-17)32-23(35)30-16-6-4-5-7-18(16)33-13-25(2,3)21-15(26(27,28)29)9-11-19(34)22(21)33/h4-12,34H,13H2,1-3H3,(H2,30,31,32,35). The average Bonchev–Trinajstić information content (AvgIpc) is 3.30. The van der Waals surface area contributed by atoms with Crippen molar-refractivity contribution >= 4 is 49.8 Å². The molecule has 2 amide bonds. The number of aromatic nitrogens is 1. The topological polar surface area (TPSA) is 77.5 Å². The van der Waals surface area contributed by atoms with Gasteiger partial charge in [-0.05, 0) is 54.4 Å². The first-order chi connectivity index (χ1) is 16.9. The van der Waals surface area contributed by atoms with Crippen molar-refractivity contribution in [1.29, 1.82) is 0 Å². The van der Waals surface area contributed by atoms with E-state index in [2.05, 4.69) is 15.6 Å². The lowest BCUT2D eigenvalue weighted by atomic mass is 9.83. The lowest BCUT2D eigenvalue weighted by Crippen LogP contribution is -2.27. The van der Waals surface area contributed by atoms with Crippen LogP contribution in [0.4, 0.5) is 40.2 Å². The van der Waals surface area contributed by atoms with E-state index in [9.17, 15) is 23.1 Å². The van der Waals surface area contributed by atoms with Gasteiger partial charge in [-0.15, -0.1) is 0 Å². The quantitative estimate of drug-likeness (QED) is 0.267. The molecule has 1 aliphatic rings. The minimum atomic E-state index is -4.57. The van der Waals surface area contributed by atoms with Gasteiger partial charge < -0.3 is 15.3 Å². The Hall–Kier alpha value is -3.79. The van der Waals surface area contributed by atoms with Crippen molar-refractivity contribution in [3.05, 3.63) is 71.3 Å². The highest BCUT2D eigenvalue weighted by Crippen LogP contribution is 2.54. The second-order valence-electron chi connectivity index (χ2n) is 9.41. The molecule has 1 aliphatic heterocycles. The number of fused-ring (bicyclic) bond motifs is 2. The molecule has 4 aromatic rings. The maximum atomic E-state index is 13.8. The van der Waals surface area contributed by atoms with Gasteiger partial charge in [0.15, 0.2) is 5.13 Å². The molecule has 10 heteroatoms. The number of benzene rings is 3. The number of hydrogen-bond acceptors (Lipinski definition) is 5. The second kappa shape index (κ2) is 8.41. The predicted octanol–water partition coefficient (Wildman–Crippen LogP) is 7.40. The van der Waals surface area contributed by atoms with Crippen LogP contribution in [-0.2, 0) is 11.6 Å². The third-order valence-corrected chi connectivity index (χ3v) is 7.10. The van der Waals surface area contributed by atoms with Gasteiger partial charge in [0, 0.05) is 12.0 Å². The smallest absolute Gasteiger partial charge is 0.416 e. The summed E-state index contributed by atoms with van der Waals surface area (Å²) < 4.78 is 42.4. The molecule has 0 radical (unpaired) electrons. The number of halogens is 3. The molecule has 2 heterocycles. The number of hydrogen-bond donors (Lipinski definition) is 3. The Kier molecular flexibility index (Phi) is 5.59. The summed E-state index contributed by atoms with van der Waals surface area (Å²) >= 11 is 1.34. The SMILES string of the molecule is Cc1ccc2nc(NC(=O)Nc3ccccc3N3CC(C)(C)c4c(C(F)(F)F)ccc(O)c43)sc2c1. The fourth-order valence-electron chi connectivity index (χ4n) is 4.68. The summed E-state index contributed by atoms with van der Waals surface area (Å²) in [5.41, 5.74) is 1.13. The van der Waals surface area contributed by atoms with E-state index in [4.69, 9.17) is 0 Å². The van der Waals surface area contributed by atoms with E-state index in [1.807, 2.05) is 25.1 Å². The van der Waals surface area contributed by atoms with Gasteiger partial charge >= 0.3 is 12.2 Å². The minimum absolute atomic E-state index is 0.0269. The molecule has 1 aromatic heterocycles. The monoisotopic (exact) mass is 512 g/mol. The Morgan fingerprint density at radius 3 is 2.61 bits per heavy atom. The number of alkyl halides is 3. The number of nitrogens with zero attached hydrogens (tertiary/aromatic N) is 2. The van der Waals surface area contributed by atoms with Crippen molar-refractivity contribution in [1.82, 2.24) is 4.98 Å². The average molecular weight is 513 g/mol. The van der Waals surface area contributed by atoms with Crippen molar-refractivity contribution in [2.24, 2.45) is 0 Å². The maximum absolute atomic E-state index is 13.8. The van der Waals surface area contributed by atoms with E-state index in [1.165, 1.54) is 11.3 Å². The molecule has 186 valence electrons. The fourth-order valence-corrected chi connectivity index (χ4v) is 5.64. The van der Waals surface area contributed by atoms with Crippen LogP contribution >= 0.6 is 11.3 Å². The van der Waals surface area contributed by atoms with E-state index in [-0.39, 0.29) is 23.5 Å². The lowest BCUT2D eigenvalue weighted by Gasteiger charge is -2.25. The normalized spacial score (nSPS) is 14.7. The second-order valence-corrected chi connectivity index (χ2v) is 10.4. The zero-order valence-corrected chi connectivity index (χ0v) is 20.5. The molecule has 0 saturated heterocycles. The number of amides is 2. The Labute approximate surface area is 209 Å². The van der Waals surface area contributed by atoms with Crippen molar-refractivity contribution < 1.29 is 23.1 Å². The molecule has 3 N–H and O–H groups in total. The van der Waals surface area contributed by atoms with Crippen LogP contribution in [0.1, 0.15) is 30.5 Å². The van der Waals surface area contributed by atoms with Gasteiger partial charge in [0.25, 0.3) is 0 Å². The number of phenols is 1. The molecule has 36 heavy (non-hydrogen) atoms. The van der Waals surface area contributed by atoms with Crippen LogP contribution in [0.2, 0.25) is 0 Å². The predicted molar refractivity (Wildman–Crippen MR) is 137 cm³/mol. The third kappa shape index (κ3) is 4.21. The number of aryl methyl sites for hydroxylation is 1. The number of carbonyl (C=O) groups excluding carboxylic acids is 1. The van der Waals surface area contributed by atoms with Crippen LogP contribution in [0.3, 0.4) is 0 Å². The van der Waals surface area contributed by atoms with Crippen molar-refractivity contribution in [3.63, 3.8) is 0 Å². The van der Waals surface area contributed by atoms with Crippen molar-refractivity contribution in [3.8, 4) is 5.75 Å². The van der Waals surface area contributed by atoms with Gasteiger partial charge in [-0.25, -0.2) is 9.78 Å². The first-order valence-electron chi connectivity index (χ1n) is 11.2. The van der Waals surface area contributed by atoms with Gasteiger partial charge in [-0.1, -0.05) is 43.4 Å². The van der Waals surface area contributed by atoms with E-state index in [0.29, 0.717) is 16.5 Å². The zero-order valence-electron chi connectivity index (χ0n) is 19.7. The Morgan fingerprint density at radius 2 is 1.86 bits per heavy atom. The largest absolute Gasteiger partial charge is 0.506 e.